The second-order valence-corrected chi connectivity index (χ2v) is 8.04. The van der Waals surface area contributed by atoms with E-state index in [4.69, 9.17) is 0 Å². The number of unbranched alkanes of at least 4 members (excludes halogenated alkanes) is 2. The SMILES string of the molecule is CCCCCC(C(C)C)C12CC1(CC(C)C)C2C. The molecule has 106 valence electrons. The zero-order valence-electron chi connectivity index (χ0n) is 13.6. The molecule has 0 aliphatic heterocycles. The third-order valence-corrected chi connectivity index (χ3v) is 6.29. The quantitative estimate of drug-likeness (QED) is 0.470. The van der Waals surface area contributed by atoms with Crippen molar-refractivity contribution < 1.29 is 0 Å². The average molecular weight is 250 g/mol. The van der Waals surface area contributed by atoms with Gasteiger partial charge in [0.15, 0.2) is 0 Å². The van der Waals surface area contributed by atoms with Crippen molar-refractivity contribution in [3.63, 3.8) is 0 Å². The van der Waals surface area contributed by atoms with Crippen LogP contribution in [0.4, 0.5) is 0 Å². The highest BCUT2D eigenvalue weighted by Crippen LogP contribution is 2.95. The summed E-state index contributed by atoms with van der Waals surface area (Å²) in [6.07, 6.45) is 8.82. The Morgan fingerprint density at radius 3 is 2.22 bits per heavy atom. The predicted molar refractivity (Wildman–Crippen MR) is 80.6 cm³/mol. The number of fused-ring (bicyclic) bond motifs is 1. The van der Waals surface area contributed by atoms with Gasteiger partial charge in [0, 0.05) is 0 Å². The van der Waals surface area contributed by atoms with Gasteiger partial charge < -0.3 is 0 Å². The second kappa shape index (κ2) is 4.84. The summed E-state index contributed by atoms with van der Waals surface area (Å²) < 4.78 is 0. The molecule has 0 amide bonds. The number of hydrogen-bond donors (Lipinski definition) is 0. The van der Waals surface area contributed by atoms with E-state index in [1.807, 2.05) is 0 Å². The molecule has 0 saturated heterocycles. The van der Waals surface area contributed by atoms with E-state index in [0.717, 1.165) is 34.5 Å². The summed E-state index contributed by atoms with van der Waals surface area (Å²) in [5, 5.41) is 0. The highest BCUT2D eigenvalue weighted by atomic mass is 14.9. The summed E-state index contributed by atoms with van der Waals surface area (Å²) in [7, 11) is 0. The van der Waals surface area contributed by atoms with Crippen LogP contribution in [0.25, 0.3) is 0 Å². The summed E-state index contributed by atoms with van der Waals surface area (Å²) in [6, 6.07) is 0. The van der Waals surface area contributed by atoms with Crippen LogP contribution in [0.2, 0.25) is 0 Å². The van der Waals surface area contributed by atoms with Crippen molar-refractivity contribution in [2.24, 2.45) is 34.5 Å². The predicted octanol–water partition coefficient (Wildman–Crippen LogP) is 5.91. The summed E-state index contributed by atoms with van der Waals surface area (Å²) in [4.78, 5) is 0. The Hall–Kier alpha value is 0. The fraction of sp³-hybridized carbons (Fsp3) is 1.00. The fourth-order valence-corrected chi connectivity index (χ4v) is 5.37. The van der Waals surface area contributed by atoms with E-state index in [2.05, 4.69) is 41.5 Å². The Labute approximate surface area is 115 Å². The molecule has 0 heteroatoms. The molecule has 0 radical (unpaired) electrons. The molecule has 2 aliphatic carbocycles. The van der Waals surface area contributed by atoms with E-state index in [1.54, 1.807) is 6.42 Å². The van der Waals surface area contributed by atoms with Gasteiger partial charge in [-0.1, -0.05) is 60.8 Å². The Kier molecular flexibility index (Phi) is 3.87. The standard InChI is InChI=1S/C18H34/c1-7-8-9-10-16(14(4)5)18-12-17(18,15(18)6)11-13(2)3/h13-16H,7-12H2,1-6H3. The molecule has 0 heterocycles. The van der Waals surface area contributed by atoms with Crippen LogP contribution in [0.3, 0.4) is 0 Å². The van der Waals surface area contributed by atoms with E-state index in [9.17, 15) is 0 Å². The van der Waals surface area contributed by atoms with Crippen LogP contribution in [0.1, 0.15) is 80.1 Å². The third-order valence-electron chi connectivity index (χ3n) is 6.29. The highest BCUT2D eigenvalue weighted by Gasteiger charge is 2.89. The molecule has 0 aromatic rings. The lowest BCUT2D eigenvalue weighted by molar-refractivity contribution is 0.236. The molecule has 0 spiro atoms. The molecule has 0 aromatic heterocycles. The first-order valence-electron chi connectivity index (χ1n) is 8.42. The zero-order chi connectivity index (χ0) is 13.6. The van der Waals surface area contributed by atoms with Gasteiger partial charge in [-0.05, 0) is 53.8 Å². The van der Waals surface area contributed by atoms with E-state index in [1.165, 1.54) is 32.1 Å². The van der Waals surface area contributed by atoms with Crippen molar-refractivity contribution in [2.45, 2.75) is 80.1 Å². The van der Waals surface area contributed by atoms with Crippen LogP contribution in [-0.2, 0) is 0 Å². The molecule has 0 bridgehead atoms. The lowest BCUT2D eigenvalue weighted by Gasteiger charge is -2.25. The maximum Gasteiger partial charge on any atom is -0.0170 e. The van der Waals surface area contributed by atoms with Gasteiger partial charge >= 0.3 is 0 Å². The molecule has 4 unspecified atom stereocenters. The van der Waals surface area contributed by atoms with Crippen LogP contribution in [-0.4, -0.2) is 0 Å². The van der Waals surface area contributed by atoms with Crippen molar-refractivity contribution in [2.75, 3.05) is 0 Å². The normalized spacial score (nSPS) is 39.0. The Morgan fingerprint density at radius 2 is 1.78 bits per heavy atom. The van der Waals surface area contributed by atoms with E-state index in [-0.39, 0.29) is 0 Å². The van der Waals surface area contributed by atoms with Crippen LogP contribution >= 0.6 is 0 Å². The number of rotatable bonds is 8. The molecule has 0 aromatic carbocycles. The molecule has 2 fully saturated rings. The summed E-state index contributed by atoms with van der Waals surface area (Å²) in [6.45, 7) is 14.6. The van der Waals surface area contributed by atoms with Gasteiger partial charge in [0.25, 0.3) is 0 Å². The first-order chi connectivity index (χ1) is 8.42. The Balaban J connectivity index is 1.97. The van der Waals surface area contributed by atoms with Crippen LogP contribution in [0, 0.1) is 34.5 Å². The largest absolute Gasteiger partial charge is 0.0654 e. The minimum Gasteiger partial charge on any atom is -0.0654 e. The van der Waals surface area contributed by atoms with Gasteiger partial charge in [-0.2, -0.15) is 0 Å². The van der Waals surface area contributed by atoms with Crippen molar-refractivity contribution in [1.29, 1.82) is 0 Å². The highest BCUT2D eigenvalue weighted by molar-refractivity contribution is 5.36. The monoisotopic (exact) mass is 250 g/mol. The first-order valence-corrected chi connectivity index (χ1v) is 8.42. The first kappa shape index (κ1) is 14.4. The van der Waals surface area contributed by atoms with Gasteiger partial charge in [0.05, 0.1) is 0 Å². The fourth-order valence-electron chi connectivity index (χ4n) is 5.37. The minimum atomic E-state index is 0.791. The minimum absolute atomic E-state index is 0.791. The van der Waals surface area contributed by atoms with Crippen molar-refractivity contribution in [3.05, 3.63) is 0 Å². The third kappa shape index (κ3) is 1.95. The van der Waals surface area contributed by atoms with Crippen LogP contribution in [0.5, 0.6) is 0 Å². The van der Waals surface area contributed by atoms with Gasteiger partial charge in [-0.3, -0.25) is 0 Å². The van der Waals surface area contributed by atoms with E-state index in [0.29, 0.717) is 0 Å². The smallest absolute Gasteiger partial charge is 0.0170 e. The van der Waals surface area contributed by atoms with Crippen molar-refractivity contribution in [1.82, 2.24) is 0 Å². The molecule has 0 nitrogen and oxygen atoms in total. The summed E-state index contributed by atoms with van der Waals surface area (Å²) >= 11 is 0. The lowest BCUT2D eigenvalue weighted by atomic mass is 9.79. The van der Waals surface area contributed by atoms with Crippen molar-refractivity contribution in [3.8, 4) is 0 Å². The van der Waals surface area contributed by atoms with Crippen molar-refractivity contribution >= 4 is 0 Å². The zero-order valence-corrected chi connectivity index (χ0v) is 13.6. The maximum atomic E-state index is 2.54. The average Bonchev–Trinajstić information content (AvgIpc) is 3.07. The van der Waals surface area contributed by atoms with Gasteiger partial charge in [0.1, 0.15) is 0 Å². The molecule has 0 N–H and O–H groups in total. The summed E-state index contributed by atoms with van der Waals surface area (Å²) in [5.74, 6) is 3.82. The van der Waals surface area contributed by atoms with Gasteiger partial charge in [0.2, 0.25) is 0 Å². The van der Waals surface area contributed by atoms with Crippen LogP contribution in [0.15, 0.2) is 0 Å². The Morgan fingerprint density at radius 1 is 1.11 bits per heavy atom. The number of hydrogen-bond acceptors (Lipinski definition) is 0. The Bertz CT molecular complexity index is 290. The maximum absolute atomic E-state index is 2.54. The van der Waals surface area contributed by atoms with Gasteiger partial charge in [-0.15, -0.1) is 0 Å². The molecule has 4 atom stereocenters. The topological polar surface area (TPSA) is 0 Å². The molecular formula is C18H34. The molecular weight excluding hydrogens is 216 g/mol. The molecule has 2 rings (SSSR count). The van der Waals surface area contributed by atoms with E-state index < -0.39 is 0 Å². The molecule has 2 saturated carbocycles. The second-order valence-electron chi connectivity index (χ2n) is 8.04. The lowest BCUT2D eigenvalue weighted by Crippen LogP contribution is -2.18. The van der Waals surface area contributed by atoms with Crippen LogP contribution < -0.4 is 0 Å². The van der Waals surface area contributed by atoms with Gasteiger partial charge in [-0.25, -0.2) is 0 Å². The molecule has 2 aliphatic rings. The molecule has 18 heavy (non-hydrogen) atoms. The summed E-state index contributed by atoms with van der Waals surface area (Å²) in [5.41, 5.74) is 1.58. The van der Waals surface area contributed by atoms with E-state index >= 15 is 0 Å².